The van der Waals surface area contributed by atoms with Gasteiger partial charge in [-0.25, -0.2) is 8.42 Å². The van der Waals surface area contributed by atoms with Crippen LogP contribution in [0, 0.1) is 11.3 Å². The van der Waals surface area contributed by atoms with Crippen molar-refractivity contribution in [2.75, 3.05) is 14.1 Å². The standard InChI is InChI=1S/C9H9ClN2O2S2/c1-12(2)6-7(5-11)16(13,14)9-4-3-8(10)15-9/h3-4,6H,1-2H3. The van der Waals surface area contributed by atoms with Crippen LogP contribution < -0.4 is 0 Å². The Morgan fingerprint density at radius 2 is 2.19 bits per heavy atom. The van der Waals surface area contributed by atoms with Crippen molar-refractivity contribution >= 4 is 32.8 Å². The maximum Gasteiger partial charge on any atom is 0.227 e. The maximum atomic E-state index is 11.9. The average Bonchev–Trinajstić information content (AvgIpc) is 2.61. The molecule has 16 heavy (non-hydrogen) atoms. The van der Waals surface area contributed by atoms with Crippen LogP contribution in [0.4, 0.5) is 0 Å². The number of nitrogens with zero attached hydrogens (tertiary/aromatic N) is 2. The summed E-state index contributed by atoms with van der Waals surface area (Å²) in [6.07, 6.45) is 1.27. The van der Waals surface area contributed by atoms with Gasteiger partial charge in [0, 0.05) is 20.3 Å². The number of nitriles is 1. The first-order valence-electron chi connectivity index (χ1n) is 4.16. The lowest BCUT2D eigenvalue weighted by molar-refractivity contribution is 0.559. The molecule has 0 aliphatic rings. The van der Waals surface area contributed by atoms with E-state index in [0.717, 1.165) is 11.3 Å². The minimum absolute atomic E-state index is 0.0761. The Bertz CT molecular complexity index is 552. The SMILES string of the molecule is CN(C)C=C(C#N)S(=O)(=O)c1ccc(Cl)s1. The molecule has 4 nitrogen and oxygen atoms in total. The predicted molar refractivity (Wildman–Crippen MR) is 63.9 cm³/mol. The topological polar surface area (TPSA) is 61.2 Å². The number of halogens is 1. The Labute approximate surface area is 103 Å². The minimum atomic E-state index is -3.73. The molecule has 1 aromatic heterocycles. The molecule has 1 rings (SSSR count). The number of rotatable bonds is 3. The third-order valence-corrected chi connectivity index (χ3v) is 4.96. The van der Waals surface area contributed by atoms with Gasteiger partial charge in [0.15, 0.2) is 4.91 Å². The van der Waals surface area contributed by atoms with E-state index in [1.54, 1.807) is 20.2 Å². The van der Waals surface area contributed by atoms with E-state index in [2.05, 4.69) is 0 Å². The second-order valence-corrected chi connectivity index (χ2v) is 6.99. The van der Waals surface area contributed by atoms with E-state index >= 15 is 0 Å². The average molecular weight is 277 g/mol. The van der Waals surface area contributed by atoms with Crippen LogP contribution in [-0.4, -0.2) is 27.4 Å². The summed E-state index contributed by atoms with van der Waals surface area (Å²) in [5.41, 5.74) is 0. The van der Waals surface area contributed by atoms with E-state index < -0.39 is 9.84 Å². The summed E-state index contributed by atoms with van der Waals surface area (Å²) in [5, 5.41) is 8.83. The molecule has 0 saturated carbocycles. The fourth-order valence-corrected chi connectivity index (χ4v) is 3.77. The Morgan fingerprint density at radius 1 is 1.56 bits per heavy atom. The third-order valence-electron chi connectivity index (χ3n) is 1.59. The Hall–Kier alpha value is -1.03. The first kappa shape index (κ1) is 13.0. The molecule has 0 aliphatic heterocycles. The maximum absolute atomic E-state index is 11.9. The van der Waals surface area contributed by atoms with Gasteiger partial charge in [0.1, 0.15) is 10.3 Å². The van der Waals surface area contributed by atoms with E-state index in [-0.39, 0.29) is 9.11 Å². The largest absolute Gasteiger partial charge is 0.382 e. The second kappa shape index (κ2) is 4.87. The first-order valence-corrected chi connectivity index (χ1v) is 6.84. The highest BCUT2D eigenvalue weighted by Gasteiger charge is 2.22. The lowest BCUT2D eigenvalue weighted by Gasteiger charge is -2.06. The zero-order valence-electron chi connectivity index (χ0n) is 8.64. The normalized spacial score (nSPS) is 12.2. The minimum Gasteiger partial charge on any atom is -0.382 e. The second-order valence-electron chi connectivity index (χ2n) is 3.13. The highest BCUT2D eigenvalue weighted by Crippen LogP contribution is 2.29. The molecule has 0 saturated heterocycles. The van der Waals surface area contributed by atoms with Crippen molar-refractivity contribution in [3.8, 4) is 6.07 Å². The molecule has 0 aliphatic carbocycles. The third kappa shape index (κ3) is 2.76. The number of thiophene rings is 1. The molecule has 0 N–H and O–H groups in total. The summed E-state index contributed by atoms with van der Waals surface area (Å²) in [6, 6.07) is 4.56. The molecule has 0 aromatic carbocycles. The van der Waals surface area contributed by atoms with Crippen LogP contribution in [0.5, 0.6) is 0 Å². The van der Waals surface area contributed by atoms with Crippen LogP contribution in [-0.2, 0) is 9.84 Å². The van der Waals surface area contributed by atoms with Crippen molar-refractivity contribution in [3.63, 3.8) is 0 Å². The molecular weight excluding hydrogens is 268 g/mol. The molecular formula is C9H9ClN2O2S2. The van der Waals surface area contributed by atoms with Gasteiger partial charge in [-0.1, -0.05) is 11.6 Å². The van der Waals surface area contributed by atoms with Crippen molar-refractivity contribution in [1.82, 2.24) is 4.90 Å². The Balaban J connectivity index is 3.27. The van der Waals surface area contributed by atoms with E-state index in [4.69, 9.17) is 16.9 Å². The quantitative estimate of drug-likeness (QED) is 0.793. The summed E-state index contributed by atoms with van der Waals surface area (Å²) in [5.74, 6) is 0. The zero-order chi connectivity index (χ0) is 12.3. The van der Waals surface area contributed by atoms with E-state index in [1.807, 2.05) is 0 Å². The smallest absolute Gasteiger partial charge is 0.227 e. The monoisotopic (exact) mass is 276 g/mol. The molecule has 7 heteroatoms. The van der Waals surface area contributed by atoms with Crippen LogP contribution in [0.1, 0.15) is 0 Å². The number of allylic oxidation sites excluding steroid dienone is 1. The predicted octanol–water partition coefficient (Wildman–Crippen LogP) is 2.10. The van der Waals surface area contributed by atoms with Crippen molar-refractivity contribution in [2.45, 2.75) is 4.21 Å². The number of hydrogen-bond acceptors (Lipinski definition) is 5. The van der Waals surface area contributed by atoms with E-state index in [1.165, 1.54) is 23.2 Å². The molecule has 0 radical (unpaired) electrons. The zero-order valence-corrected chi connectivity index (χ0v) is 11.0. The van der Waals surface area contributed by atoms with Gasteiger partial charge in [-0.2, -0.15) is 5.26 Å². The van der Waals surface area contributed by atoms with E-state index in [9.17, 15) is 8.42 Å². The molecule has 0 spiro atoms. The van der Waals surface area contributed by atoms with Gasteiger partial charge in [-0.3, -0.25) is 0 Å². The molecule has 0 fully saturated rings. The molecule has 0 amide bonds. The Kier molecular flexibility index (Phi) is 3.97. The van der Waals surface area contributed by atoms with Crippen LogP contribution in [0.3, 0.4) is 0 Å². The van der Waals surface area contributed by atoms with Gasteiger partial charge in [0.2, 0.25) is 9.84 Å². The first-order chi connectivity index (χ1) is 7.37. The molecule has 0 unspecified atom stereocenters. The van der Waals surface area contributed by atoms with E-state index in [0.29, 0.717) is 4.34 Å². The van der Waals surface area contributed by atoms with Gasteiger partial charge < -0.3 is 4.90 Å². The Morgan fingerprint density at radius 3 is 2.56 bits per heavy atom. The molecule has 1 heterocycles. The van der Waals surface area contributed by atoms with Gasteiger partial charge >= 0.3 is 0 Å². The highest BCUT2D eigenvalue weighted by molar-refractivity contribution is 7.97. The van der Waals surface area contributed by atoms with Crippen LogP contribution >= 0.6 is 22.9 Å². The van der Waals surface area contributed by atoms with Gasteiger partial charge in [0.05, 0.1) is 4.34 Å². The molecule has 0 bridgehead atoms. The lowest BCUT2D eigenvalue weighted by atomic mass is 10.6. The summed E-state index contributed by atoms with van der Waals surface area (Å²) in [4.78, 5) is 1.21. The number of hydrogen-bond donors (Lipinski definition) is 0. The van der Waals surface area contributed by atoms with Crippen LogP contribution in [0.15, 0.2) is 27.4 Å². The van der Waals surface area contributed by atoms with Gasteiger partial charge in [-0.15, -0.1) is 11.3 Å². The van der Waals surface area contributed by atoms with Crippen molar-refractivity contribution in [1.29, 1.82) is 5.26 Å². The highest BCUT2D eigenvalue weighted by atomic mass is 35.5. The fraction of sp³-hybridized carbons (Fsp3) is 0.222. The van der Waals surface area contributed by atoms with Gasteiger partial charge in [0.25, 0.3) is 0 Å². The van der Waals surface area contributed by atoms with Crippen molar-refractivity contribution < 1.29 is 8.42 Å². The summed E-state index contributed by atoms with van der Waals surface area (Å²) in [7, 11) is -0.439. The van der Waals surface area contributed by atoms with Crippen LogP contribution in [0.2, 0.25) is 4.34 Å². The fourth-order valence-electron chi connectivity index (χ4n) is 0.943. The van der Waals surface area contributed by atoms with Crippen LogP contribution in [0.25, 0.3) is 0 Å². The lowest BCUT2D eigenvalue weighted by Crippen LogP contribution is -2.08. The molecule has 86 valence electrons. The van der Waals surface area contributed by atoms with Gasteiger partial charge in [-0.05, 0) is 12.1 Å². The summed E-state index contributed by atoms with van der Waals surface area (Å²) < 4.78 is 24.3. The molecule has 1 aromatic rings. The number of sulfone groups is 1. The molecule has 0 atom stereocenters. The summed E-state index contributed by atoms with van der Waals surface area (Å²) >= 11 is 6.59. The van der Waals surface area contributed by atoms with Crippen molar-refractivity contribution in [2.24, 2.45) is 0 Å². The van der Waals surface area contributed by atoms with Crippen molar-refractivity contribution in [3.05, 3.63) is 27.6 Å². The summed E-state index contributed by atoms with van der Waals surface area (Å²) in [6.45, 7) is 0.